The molecule has 0 spiro atoms. The number of hydrogen-bond acceptors (Lipinski definition) is 3. The number of benzene rings is 1. The monoisotopic (exact) mass is 301 g/mol. The minimum Gasteiger partial charge on any atom is -0.340 e. The highest BCUT2D eigenvalue weighted by Crippen LogP contribution is 2.39. The van der Waals surface area contributed by atoms with Crippen molar-refractivity contribution in [3.05, 3.63) is 57.9 Å². The third kappa shape index (κ3) is 2.03. The van der Waals surface area contributed by atoms with Gasteiger partial charge in [0.05, 0.1) is 16.5 Å². The van der Waals surface area contributed by atoms with Crippen LogP contribution in [0.5, 0.6) is 0 Å². The van der Waals surface area contributed by atoms with Crippen LogP contribution in [0.15, 0.2) is 30.3 Å². The van der Waals surface area contributed by atoms with Crippen molar-refractivity contribution in [1.29, 1.82) is 0 Å². The van der Waals surface area contributed by atoms with Gasteiger partial charge in [0.2, 0.25) is 0 Å². The molecule has 4 nitrogen and oxygen atoms in total. The van der Waals surface area contributed by atoms with Crippen LogP contribution < -0.4 is 0 Å². The highest BCUT2D eigenvalue weighted by Gasteiger charge is 2.36. The zero-order chi connectivity index (χ0) is 15.0. The summed E-state index contributed by atoms with van der Waals surface area (Å²) >= 11 is 6.07. The van der Waals surface area contributed by atoms with Gasteiger partial charge in [-0.2, -0.15) is 0 Å². The SMILES string of the molecule is O=Cc1c(Cl)c(C=O)n2c1C(C(=O)c1ccccc1)CC2. The molecule has 21 heavy (non-hydrogen) atoms. The summed E-state index contributed by atoms with van der Waals surface area (Å²) in [5.41, 5.74) is 1.69. The minimum atomic E-state index is -0.432. The summed E-state index contributed by atoms with van der Waals surface area (Å²) in [7, 11) is 0. The maximum absolute atomic E-state index is 12.6. The lowest BCUT2D eigenvalue weighted by Gasteiger charge is -2.09. The van der Waals surface area contributed by atoms with Crippen LogP contribution in [0.2, 0.25) is 5.02 Å². The van der Waals surface area contributed by atoms with Crippen LogP contribution in [-0.4, -0.2) is 22.9 Å². The van der Waals surface area contributed by atoms with Crippen molar-refractivity contribution in [2.24, 2.45) is 0 Å². The predicted molar refractivity (Wildman–Crippen MR) is 78.3 cm³/mol. The van der Waals surface area contributed by atoms with E-state index in [0.717, 1.165) is 0 Å². The Kier molecular flexibility index (Phi) is 3.47. The Labute approximate surface area is 126 Å². The summed E-state index contributed by atoms with van der Waals surface area (Å²) in [5.74, 6) is -0.483. The lowest BCUT2D eigenvalue weighted by Crippen LogP contribution is -2.11. The van der Waals surface area contributed by atoms with Crippen molar-refractivity contribution in [2.45, 2.75) is 18.9 Å². The second kappa shape index (κ2) is 5.30. The van der Waals surface area contributed by atoms with Crippen LogP contribution in [0.4, 0.5) is 0 Å². The van der Waals surface area contributed by atoms with Gasteiger partial charge < -0.3 is 4.57 Å². The molecule has 2 aromatic rings. The van der Waals surface area contributed by atoms with E-state index < -0.39 is 5.92 Å². The number of aldehydes is 2. The minimum absolute atomic E-state index is 0.0518. The zero-order valence-electron chi connectivity index (χ0n) is 11.1. The van der Waals surface area contributed by atoms with Crippen LogP contribution in [0, 0.1) is 0 Å². The number of carbonyl (C=O) groups excluding carboxylic acids is 3. The van der Waals surface area contributed by atoms with Crippen molar-refractivity contribution in [3.8, 4) is 0 Å². The van der Waals surface area contributed by atoms with Crippen LogP contribution >= 0.6 is 11.6 Å². The highest BCUT2D eigenvalue weighted by atomic mass is 35.5. The molecule has 0 aliphatic carbocycles. The lowest BCUT2D eigenvalue weighted by atomic mass is 9.92. The molecule has 1 aliphatic rings. The maximum atomic E-state index is 12.6. The topological polar surface area (TPSA) is 56.1 Å². The van der Waals surface area contributed by atoms with Crippen molar-refractivity contribution in [2.75, 3.05) is 0 Å². The first-order valence-electron chi connectivity index (χ1n) is 6.60. The summed E-state index contributed by atoms with van der Waals surface area (Å²) in [4.78, 5) is 35.1. The van der Waals surface area contributed by atoms with Gasteiger partial charge in [0.25, 0.3) is 0 Å². The molecule has 1 atom stereocenters. The van der Waals surface area contributed by atoms with Gasteiger partial charge >= 0.3 is 0 Å². The highest BCUT2D eigenvalue weighted by molar-refractivity contribution is 6.35. The van der Waals surface area contributed by atoms with E-state index in [1.54, 1.807) is 28.8 Å². The summed E-state index contributed by atoms with van der Waals surface area (Å²) in [6.07, 6.45) is 1.83. The zero-order valence-corrected chi connectivity index (χ0v) is 11.8. The van der Waals surface area contributed by atoms with Crippen molar-refractivity contribution in [1.82, 2.24) is 4.57 Å². The van der Waals surface area contributed by atoms with Gasteiger partial charge in [-0.1, -0.05) is 41.9 Å². The summed E-state index contributed by atoms with van der Waals surface area (Å²) in [6.45, 7) is 0.514. The molecule has 1 aliphatic heterocycles. The Morgan fingerprint density at radius 1 is 1.19 bits per heavy atom. The molecule has 0 fully saturated rings. The van der Waals surface area contributed by atoms with E-state index in [1.165, 1.54) is 0 Å². The van der Waals surface area contributed by atoms with E-state index in [2.05, 4.69) is 0 Å². The fourth-order valence-corrected chi connectivity index (χ4v) is 3.23. The fraction of sp³-hybridized carbons (Fsp3) is 0.188. The predicted octanol–water partition coefficient (Wildman–Crippen LogP) is 3.14. The van der Waals surface area contributed by atoms with Gasteiger partial charge in [0.1, 0.15) is 5.69 Å². The number of carbonyl (C=O) groups is 3. The number of nitrogens with zero attached hydrogens (tertiary/aromatic N) is 1. The van der Waals surface area contributed by atoms with Crippen molar-refractivity contribution < 1.29 is 14.4 Å². The molecular weight excluding hydrogens is 290 g/mol. The van der Waals surface area contributed by atoms with E-state index in [-0.39, 0.29) is 22.1 Å². The molecule has 0 radical (unpaired) electrons. The average molecular weight is 302 g/mol. The van der Waals surface area contributed by atoms with E-state index in [9.17, 15) is 14.4 Å². The number of ketones is 1. The van der Waals surface area contributed by atoms with E-state index in [4.69, 9.17) is 11.6 Å². The second-order valence-electron chi connectivity index (χ2n) is 4.96. The molecule has 3 rings (SSSR count). The molecular formula is C16H12ClNO3. The van der Waals surface area contributed by atoms with Crippen LogP contribution in [-0.2, 0) is 6.54 Å². The van der Waals surface area contributed by atoms with Crippen LogP contribution in [0.3, 0.4) is 0 Å². The van der Waals surface area contributed by atoms with Crippen molar-refractivity contribution in [3.63, 3.8) is 0 Å². The first kappa shape index (κ1) is 13.8. The first-order valence-corrected chi connectivity index (χ1v) is 6.98. The third-order valence-corrected chi connectivity index (χ3v) is 4.29. The molecule has 0 amide bonds. The smallest absolute Gasteiger partial charge is 0.171 e. The van der Waals surface area contributed by atoms with Gasteiger partial charge in [-0.3, -0.25) is 14.4 Å². The van der Waals surface area contributed by atoms with Gasteiger partial charge in [-0.05, 0) is 6.42 Å². The molecule has 106 valence electrons. The van der Waals surface area contributed by atoms with E-state index >= 15 is 0 Å². The number of rotatable bonds is 4. The summed E-state index contributed by atoms with van der Waals surface area (Å²) in [5, 5.41) is 0.139. The molecule has 0 saturated carbocycles. The Balaban J connectivity index is 2.10. The van der Waals surface area contributed by atoms with Gasteiger partial charge in [0, 0.05) is 17.8 Å². The van der Waals surface area contributed by atoms with Crippen molar-refractivity contribution >= 4 is 30.0 Å². The first-order chi connectivity index (χ1) is 10.2. The van der Waals surface area contributed by atoms with Crippen LogP contribution in [0.1, 0.15) is 49.2 Å². The van der Waals surface area contributed by atoms with E-state index in [0.29, 0.717) is 36.8 Å². The molecule has 1 aromatic carbocycles. The standard InChI is InChI=1S/C16H12ClNO3/c17-14-12(8-19)15-11(6-7-18(15)13(14)9-20)16(21)10-4-2-1-3-5-10/h1-5,8-9,11H,6-7H2. The number of aromatic nitrogens is 1. The normalized spacial score (nSPS) is 16.5. The van der Waals surface area contributed by atoms with Gasteiger partial charge in [0.15, 0.2) is 18.4 Å². The third-order valence-electron chi connectivity index (χ3n) is 3.89. The number of Topliss-reactive ketones (excluding diaryl/α,β-unsaturated/α-hetero) is 1. The molecule has 2 heterocycles. The second-order valence-corrected chi connectivity index (χ2v) is 5.33. The Bertz CT molecular complexity index is 734. The van der Waals surface area contributed by atoms with Gasteiger partial charge in [-0.15, -0.1) is 0 Å². The molecule has 1 unspecified atom stereocenters. The molecule has 0 N–H and O–H groups in total. The molecule has 0 saturated heterocycles. The number of hydrogen-bond donors (Lipinski definition) is 0. The van der Waals surface area contributed by atoms with E-state index in [1.807, 2.05) is 6.07 Å². The van der Waals surface area contributed by atoms with Gasteiger partial charge in [-0.25, -0.2) is 0 Å². The quantitative estimate of drug-likeness (QED) is 0.644. The Hall–Kier alpha value is -2.20. The number of fused-ring (bicyclic) bond motifs is 1. The maximum Gasteiger partial charge on any atom is 0.171 e. The summed E-state index contributed by atoms with van der Waals surface area (Å²) < 4.78 is 1.69. The number of halogens is 1. The largest absolute Gasteiger partial charge is 0.340 e. The van der Waals surface area contributed by atoms with Crippen LogP contribution in [0.25, 0.3) is 0 Å². The average Bonchev–Trinajstić information content (AvgIpc) is 3.04. The molecule has 0 bridgehead atoms. The lowest BCUT2D eigenvalue weighted by molar-refractivity contribution is 0.0959. The molecule has 5 heteroatoms. The fourth-order valence-electron chi connectivity index (χ4n) is 2.94. The molecule has 1 aromatic heterocycles. The Morgan fingerprint density at radius 3 is 2.52 bits per heavy atom. The Morgan fingerprint density at radius 2 is 1.90 bits per heavy atom. The summed E-state index contributed by atoms with van der Waals surface area (Å²) in [6, 6.07) is 8.93.